The lowest BCUT2D eigenvalue weighted by molar-refractivity contribution is 0.374. The van der Waals surface area contributed by atoms with Crippen molar-refractivity contribution in [2.75, 3.05) is 6.54 Å². The molecule has 0 aromatic heterocycles. The standard InChI is InChI=1S/C18H28FN/c1-3-5-6-14(4-2)13-20-18(15-7-8-15)16-9-11-17(19)12-10-16/h9-12,14-15,18,20H,3-8,13H2,1-2H3. The summed E-state index contributed by atoms with van der Waals surface area (Å²) < 4.78 is 13.1. The molecule has 1 N–H and O–H groups in total. The van der Waals surface area contributed by atoms with Crippen LogP contribution >= 0.6 is 0 Å². The van der Waals surface area contributed by atoms with Crippen LogP contribution in [0.15, 0.2) is 24.3 Å². The van der Waals surface area contributed by atoms with Gasteiger partial charge in [0.2, 0.25) is 0 Å². The van der Waals surface area contributed by atoms with Gasteiger partial charge in [0.1, 0.15) is 5.82 Å². The van der Waals surface area contributed by atoms with Gasteiger partial charge in [0.15, 0.2) is 0 Å². The molecule has 2 rings (SSSR count). The van der Waals surface area contributed by atoms with Crippen LogP contribution in [0.3, 0.4) is 0 Å². The van der Waals surface area contributed by atoms with Gasteiger partial charge in [-0.3, -0.25) is 0 Å². The summed E-state index contributed by atoms with van der Waals surface area (Å²) in [6.07, 6.45) is 7.78. The van der Waals surface area contributed by atoms with E-state index in [9.17, 15) is 4.39 Å². The largest absolute Gasteiger partial charge is 0.309 e. The topological polar surface area (TPSA) is 12.0 Å². The van der Waals surface area contributed by atoms with Crippen molar-refractivity contribution in [2.45, 2.75) is 58.4 Å². The SMILES string of the molecule is CCCCC(CC)CNC(c1ccc(F)cc1)C1CC1. The fourth-order valence-corrected chi connectivity index (χ4v) is 2.89. The lowest BCUT2D eigenvalue weighted by Crippen LogP contribution is -2.28. The van der Waals surface area contributed by atoms with Crippen molar-refractivity contribution >= 4 is 0 Å². The molecule has 0 bridgehead atoms. The maximum Gasteiger partial charge on any atom is 0.123 e. The van der Waals surface area contributed by atoms with Gasteiger partial charge in [-0.25, -0.2) is 4.39 Å². The highest BCUT2D eigenvalue weighted by molar-refractivity contribution is 5.22. The van der Waals surface area contributed by atoms with Crippen molar-refractivity contribution in [2.24, 2.45) is 11.8 Å². The van der Waals surface area contributed by atoms with Crippen LogP contribution in [0.2, 0.25) is 0 Å². The molecule has 1 aliphatic rings. The van der Waals surface area contributed by atoms with Crippen LogP contribution in [0.25, 0.3) is 0 Å². The molecular weight excluding hydrogens is 249 g/mol. The Balaban J connectivity index is 1.90. The molecule has 1 aromatic rings. The first-order valence-electron chi connectivity index (χ1n) is 8.23. The first-order chi connectivity index (χ1) is 9.74. The van der Waals surface area contributed by atoms with Crippen LogP contribution in [0.5, 0.6) is 0 Å². The van der Waals surface area contributed by atoms with Gasteiger partial charge in [0.25, 0.3) is 0 Å². The normalized spacial score (nSPS) is 17.9. The molecule has 0 aliphatic heterocycles. The number of hydrogen-bond acceptors (Lipinski definition) is 1. The molecule has 0 spiro atoms. The molecule has 1 fully saturated rings. The van der Waals surface area contributed by atoms with E-state index in [-0.39, 0.29) is 5.82 Å². The molecule has 2 unspecified atom stereocenters. The summed E-state index contributed by atoms with van der Waals surface area (Å²) in [7, 11) is 0. The van der Waals surface area contributed by atoms with Gasteiger partial charge in [0.05, 0.1) is 0 Å². The van der Waals surface area contributed by atoms with Gasteiger partial charge in [-0.1, -0.05) is 45.2 Å². The summed E-state index contributed by atoms with van der Waals surface area (Å²) in [6.45, 7) is 5.63. The number of nitrogens with one attached hydrogen (secondary N) is 1. The van der Waals surface area contributed by atoms with Crippen LogP contribution < -0.4 is 5.32 Å². The summed E-state index contributed by atoms with van der Waals surface area (Å²) in [4.78, 5) is 0. The zero-order valence-corrected chi connectivity index (χ0v) is 12.9. The van der Waals surface area contributed by atoms with E-state index in [1.54, 1.807) is 12.1 Å². The Morgan fingerprint density at radius 3 is 2.45 bits per heavy atom. The molecule has 0 radical (unpaired) electrons. The Morgan fingerprint density at radius 1 is 1.20 bits per heavy atom. The van der Waals surface area contributed by atoms with E-state index in [0.29, 0.717) is 6.04 Å². The average molecular weight is 277 g/mol. The van der Waals surface area contributed by atoms with Crippen molar-refractivity contribution in [3.05, 3.63) is 35.6 Å². The molecule has 20 heavy (non-hydrogen) atoms. The highest BCUT2D eigenvalue weighted by Crippen LogP contribution is 2.41. The third-order valence-corrected chi connectivity index (χ3v) is 4.49. The van der Waals surface area contributed by atoms with Gasteiger partial charge < -0.3 is 5.32 Å². The van der Waals surface area contributed by atoms with Crippen LogP contribution in [-0.4, -0.2) is 6.54 Å². The molecule has 1 saturated carbocycles. The van der Waals surface area contributed by atoms with Gasteiger partial charge in [-0.2, -0.15) is 0 Å². The molecular formula is C18H28FN. The van der Waals surface area contributed by atoms with E-state index < -0.39 is 0 Å². The van der Waals surface area contributed by atoms with Crippen molar-refractivity contribution in [3.8, 4) is 0 Å². The van der Waals surface area contributed by atoms with E-state index in [1.165, 1.54) is 44.1 Å². The second kappa shape index (κ2) is 7.78. The van der Waals surface area contributed by atoms with E-state index in [1.807, 2.05) is 12.1 Å². The van der Waals surface area contributed by atoms with Crippen molar-refractivity contribution in [1.29, 1.82) is 0 Å². The van der Waals surface area contributed by atoms with Crippen LogP contribution in [0, 0.1) is 17.7 Å². The number of benzene rings is 1. The van der Waals surface area contributed by atoms with Crippen molar-refractivity contribution in [1.82, 2.24) is 5.32 Å². The van der Waals surface area contributed by atoms with E-state index in [0.717, 1.165) is 18.4 Å². The predicted octanol–water partition coefficient (Wildman–Crippen LogP) is 5.08. The lowest BCUT2D eigenvalue weighted by Gasteiger charge is -2.23. The van der Waals surface area contributed by atoms with Crippen LogP contribution in [0.4, 0.5) is 4.39 Å². The molecule has 1 aromatic carbocycles. The van der Waals surface area contributed by atoms with E-state index in [2.05, 4.69) is 19.2 Å². The number of halogens is 1. The number of unbranched alkanes of at least 4 members (excludes halogenated alkanes) is 1. The summed E-state index contributed by atoms with van der Waals surface area (Å²) >= 11 is 0. The van der Waals surface area contributed by atoms with Gasteiger partial charge in [0, 0.05) is 6.04 Å². The first-order valence-corrected chi connectivity index (χ1v) is 8.23. The van der Waals surface area contributed by atoms with Gasteiger partial charge >= 0.3 is 0 Å². The quantitative estimate of drug-likeness (QED) is 0.663. The Bertz CT molecular complexity index is 383. The fraction of sp³-hybridized carbons (Fsp3) is 0.667. The second-order valence-electron chi connectivity index (χ2n) is 6.19. The van der Waals surface area contributed by atoms with Gasteiger partial charge in [-0.05, 0) is 55.3 Å². The molecule has 2 heteroatoms. The van der Waals surface area contributed by atoms with E-state index in [4.69, 9.17) is 0 Å². The first kappa shape index (κ1) is 15.5. The summed E-state index contributed by atoms with van der Waals surface area (Å²) in [5.74, 6) is 1.39. The van der Waals surface area contributed by atoms with Crippen LogP contribution in [-0.2, 0) is 0 Å². The molecule has 112 valence electrons. The monoisotopic (exact) mass is 277 g/mol. The van der Waals surface area contributed by atoms with Gasteiger partial charge in [-0.15, -0.1) is 0 Å². The number of hydrogen-bond donors (Lipinski definition) is 1. The Morgan fingerprint density at radius 2 is 1.90 bits per heavy atom. The Labute approximate surface area is 123 Å². The summed E-state index contributed by atoms with van der Waals surface area (Å²) in [5.41, 5.74) is 1.25. The summed E-state index contributed by atoms with van der Waals surface area (Å²) in [5, 5.41) is 3.75. The maximum atomic E-state index is 13.1. The molecule has 2 atom stereocenters. The second-order valence-corrected chi connectivity index (χ2v) is 6.19. The minimum atomic E-state index is -0.141. The maximum absolute atomic E-state index is 13.1. The third kappa shape index (κ3) is 4.59. The zero-order chi connectivity index (χ0) is 14.4. The summed E-state index contributed by atoms with van der Waals surface area (Å²) in [6, 6.07) is 7.48. The van der Waals surface area contributed by atoms with Crippen LogP contribution in [0.1, 0.15) is 64.0 Å². The minimum absolute atomic E-state index is 0.141. The average Bonchev–Trinajstić information content (AvgIpc) is 3.29. The molecule has 0 heterocycles. The number of rotatable bonds is 9. The Hall–Kier alpha value is -0.890. The molecule has 1 aliphatic carbocycles. The zero-order valence-electron chi connectivity index (χ0n) is 12.9. The predicted molar refractivity (Wildman–Crippen MR) is 83.2 cm³/mol. The lowest BCUT2D eigenvalue weighted by atomic mass is 9.97. The molecule has 1 nitrogen and oxygen atoms in total. The van der Waals surface area contributed by atoms with Crippen molar-refractivity contribution in [3.63, 3.8) is 0 Å². The van der Waals surface area contributed by atoms with E-state index >= 15 is 0 Å². The highest BCUT2D eigenvalue weighted by atomic mass is 19.1. The van der Waals surface area contributed by atoms with Crippen molar-refractivity contribution < 1.29 is 4.39 Å². The third-order valence-electron chi connectivity index (χ3n) is 4.49. The highest BCUT2D eigenvalue weighted by Gasteiger charge is 2.32. The molecule has 0 amide bonds. The Kier molecular flexibility index (Phi) is 6.03. The minimum Gasteiger partial charge on any atom is -0.309 e. The smallest absolute Gasteiger partial charge is 0.123 e. The molecule has 0 saturated heterocycles. The fourth-order valence-electron chi connectivity index (χ4n) is 2.89.